The average molecular weight is 331 g/mol. The van der Waals surface area contributed by atoms with Crippen LogP contribution in [0.25, 0.3) is 0 Å². The molecular formula is C18H21NO5. The Hall–Kier alpha value is -2.63. The van der Waals surface area contributed by atoms with E-state index in [1.165, 1.54) is 7.11 Å². The molecule has 1 fully saturated rings. The zero-order valence-electron chi connectivity index (χ0n) is 13.9. The summed E-state index contributed by atoms with van der Waals surface area (Å²) in [6.07, 6.45) is 1.76. The molecule has 0 spiro atoms. The molecule has 2 rings (SSSR count). The van der Waals surface area contributed by atoms with Gasteiger partial charge in [-0.2, -0.15) is 0 Å². The average Bonchev–Trinajstić information content (AvgIpc) is 2.60. The Kier molecular flexibility index (Phi) is 6.12. The van der Waals surface area contributed by atoms with Crippen LogP contribution in [-0.4, -0.2) is 36.8 Å². The molecule has 0 unspecified atom stereocenters. The van der Waals surface area contributed by atoms with Crippen LogP contribution in [0.2, 0.25) is 0 Å². The molecule has 1 N–H and O–H groups in total. The zero-order chi connectivity index (χ0) is 17.5. The summed E-state index contributed by atoms with van der Waals surface area (Å²) in [5.74, 6) is 0.0441. The lowest BCUT2D eigenvalue weighted by molar-refractivity contribution is -0.140. The van der Waals surface area contributed by atoms with E-state index in [2.05, 4.69) is 9.73 Å². The van der Waals surface area contributed by atoms with Gasteiger partial charge in [0.05, 0.1) is 37.6 Å². The van der Waals surface area contributed by atoms with Crippen molar-refractivity contribution in [1.82, 2.24) is 0 Å². The Bertz CT molecular complexity index is 673. The summed E-state index contributed by atoms with van der Waals surface area (Å²) in [6.45, 7) is 0. The molecule has 0 heterocycles. The second-order valence-corrected chi connectivity index (χ2v) is 5.43. The van der Waals surface area contributed by atoms with Gasteiger partial charge in [0.15, 0.2) is 5.78 Å². The van der Waals surface area contributed by atoms with E-state index in [4.69, 9.17) is 4.74 Å². The van der Waals surface area contributed by atoms with Crippen LogP contribution >= 0.6 is 0 Å². The minimum absolute atomic E-state index is 0.0227. The number of nitrogens with zero attached hydrogens (tertiary/aromatic N) is 1. The lowest BCUT2D eigenvalue weighted by atomic mass is 9.89. The van der Waals surface area contributed by atoms with E-state index in [0.29, 0.717) is 30.7 Å². The van der Waals surface area contributed by atoms with Gasteiger partial charge in [0, 0.05) is 12.8 Å². The number of aliphatic hydroxyl groups excluding tert-OH is 1. The highest BCUT2D eigenvalue weighted by atomic mass is 16.5. The van der Waals surface area contributed by atoms with E-state index < -0.39 is 5.97 Å². The van der Waals surface area contributed by atoms with Crippen LogP contribution in [-0.2, 0) is 14.3 Å². The highest BCUT2D eigenvalue weighted by Crippen LogP contribution is 2.26. The maximum absolute atomic E-state index is 12.2. The second-order valence-electron chi connectivity index (χ2n) is 5.43. The number of rotatable bonds is 5. The van der Waals surface area contributed by atoms with Crippen LogP contribution < -0.4 is 4.74 Å². The minimum Gasteiger partial charge on any atom is -0.511 e. The molecule has 0 atom stereocenters. The molecular weight excluding hydrogens is 310 g/mol. The van der Waals surface area contributed by atoms with E-state index in [-0.39, 0.29) is 30.0 Å². The lowest BCUT2D eigenvalue weighted by Gasteiger charge is -2.17. The quantitative estimate of drug-likeness (QED) is 0.508. The highest BCUT2D eigenvalue weighted by molar-refractivity contribution is 6.24. The Morgan fingerprint density at radius 3 is 2.50 bits per heavy atom. The monoisotopic (exact) mass is 331 g/mol. The Morgan fingerprint density at radius 2 is 1.88 bits per heavy atom. The van der Waals surface area contributed by atoms with Crippen molar-refractivity contribution >= 4 is 23.2 Å². The summed E-state index contributed by atoms with van der Waals surface area (Å²) in [7, 11) is 2.87. The molecule has 24 heavy (non-hydrogen) atoms. The van der Waals surface area contributed by atoms with Crippen LogP contribution in [0.5, 0.6) is 5.75 Å². The Labute approximate surface area is 140 Å². The first-order chi connectivity index (χ1) is 11.5. The van der Waals surface area contributed by atoms with Gasteiger partial charge in [-0.1, -0.05) is 0 Å². The van der Waals surface area contributed by atoms with Gasteiger partial charge < -0.3 is 14.6 Å². The van der Waals surface area contributed by atoms with E-state index in [0.717, 1.165) is 5.75 Å². The molecule has 0 bridgehead atoms. The van der Waals surface area contributed by atoms with Gasteiger partial charge in [0.25, 0.3) is 0 Å². The maximum Gasteiger partial charge on any atom is 0.305 e. The largest absolute Gasteiger partial charge is 0.511 e. The number of methoxy groups -OCH3 is 2. The number of aliphatic hydroxyl groups is 1. The fraction of sp³-hybridized carbons (Fsp3) is 0.389. The second kappa shape index (κ2) is 8.29. The standard InChI is InChI=1S/C18H21NO5/c1-23-13-8-6-12(7-9-13)19-14-4-3-5-15(20)18(14)16(21)10-11-17(22)24-2/h6-9,21H,3-5,10-11H2,1-2H3/b18-16+,19-14?. The predicted octanol–water partition coefficient (Wildman–Crippen LogP) is 3.29. The van der Waals surface area contributed by atoms with Crippen molar-refractivity contribution in [3.63, 3.8) is 0 Å². The molecule has 1 aromatic rings. The summed E-state index contributed by atoms with van der Waals surface area (Å²) in [5, 5.41) is 10.3. The molecule has 0 radical (unpaired) electrons. The van der Waals surface area contributed by atoms with E-state index in [1.54, 1.807) is 31.4 Å². The van der Waals surface area contributed by atoms with Gasteiger partial charge in [-0.15, -0.1) is 0 Å². The highest BCUT2D eigenvalue weighted by Gasteiger charge is 2.25. The molecule has 6 nitrogen and oxygen atoms in total. The third kappa shape index (κ3) is 4.44. The summed E-state index contributed by atoms with van der Waals surface area (Å²) >= 11 is 0. The fourth-order valence-electron chi connectivity index (χ4n) is 2.53. The lowest BCUT2D eigenvalue weighted by Crippen LogP contribution is -2.21. The first kappa shape index (κ1) is 17.7. The number of hydrogen-bond acceptors (Lipinski definition) is 6. The van der Waals surface area contributed by atoms with Crippen molar-refractivity contribution in [1.29, 1.82) is 0 Å². The molecule has 6 heteroatoms. The van der Waals surface area contributed by atoms with Crippen molar-refractivity contribution in [3.8, 4) is 5.75 Å². The van der Waals surface area contributed by atoms with E-state index >= 15 is 0 Å². The number of benzene rings is 1. The van der Waals surface area contributed by atoms with Crippen molar-refractivity contribution < 1.29 is 24.2 Å². The normalized spacial score (nSPS) is 18.4. The summed E-state index contributed by atoms with van der Waals surface area (Å²) < 4.78 is 9.66. The Balaban J connectivity index is 2.28. The summed E-state index contributed by atoms with van der Waals surface area (Å²) in [6, 6.07) is 7.14. The first-order valence-electron chi connectivity index (χ1n) is 7.79. The molecule has 1 aliphatic carbocycles. The molecule has 128 valence electrons. The maximum atomic E-state index is 12.2. The van der Waals surface area contributed by atoms with Crippen LogP contribution in [0.4, 0.5) is 5.69 Å². The van der Waals surface area contributed by atoms with E-state index in [9.17, 15) is 14.7 Å². The zero-order valence-corrected chi connectivity index (χ0v) is 13.9. The number of carbonyl (C=O) groups is 2. The number of aliphatic imine (C=N–C) groups is 1. The minimum atomic E-state index is -0.431. The molecule has 0 aromatic heterocycles. The summed E-state index contributed by atoms with van der Waals surface area (Å²) in [4.78, 5) is 27.9. The third-order valence-electron chi connectivity index (χ3n) is 3.80. The van der Waals surface area contributed by atoms with Gasteiger partial charge in [0.1, 0.15) is 11.5 Å². The molecule has 1 aromatic carbocycles. The SMILES string of the molecule is COC(=O)CC/C(O)=C1\C(=O)CCCC1=Nc1ccc(OC)cc1. The molecule has 0 amide bonds. The van der Waals surface area contributed by atoms with Gasteiger partial charge in [0.2, 0.25) is 0 Å². The fourth-order valence-corrected chi connectivity index (χ4v) is 2.53. The van der Waals surface area contributed by atoms with Crippen LogP contribution in [0.15, 0.2) is 40.6 Å². The van der Waals surface area contributed by atoms with Crippen molar-refractivity contribution in [2.75, 3.05) is 14.2 Å². The number of allylic oxidation sites excluding steroid dienone is 2. The molecule has 0 saturated heterocycles. The van der Waals surface area contributed by atoms with Crippen LogP contribution in [0, 0.1) is 0 Å². The van der Waals surface area contributed by atoms with Crippen LogP contribution in [0.1, 0.15) is 32.1 Å². The number of ether oxygens (including phenoxy) is 2. The topological polar surface area (TPSA) is 85.2 Å². The van der Waals surface area contributed by atoms with Crippen LogP contribution in [0.3, 0.4) is 0 Å². The van der Waals surface area contributed by atoms with Gasteiger partial charge in [-0.05, 0) is 37.1 Å². The number of Topliss-reactive ketones (excluding diaryl/α,β-unsaturated/α-hetero) is 1. The van der Waals surface area contributed by atoms with Gasteiger partial charge in [-0.3, -0.25) is 14.6 Å². The summed E-state index contributed by atoms with van der Waals surface area (Å²) in [5.41, 5.74) is 1.47. The molecule has 0 aliphatic heterocycles. The van der Waals surface area contributed by atoms with Crippen molar-refractivity contribution in [2.45, 2.75) is 32.1 Å². The van der Waals surface area contributed by atoms with E-state index in [1.807, 2.05) is 0 Å². The predicted molar refractivity (Wildman–Crippen MR) is 89.9 cm³/mol. The van der Waals surface area contributed by atoms with Gasteiger partial charge >= 0.3 is 5.97 Å². The molecule has 1 aliphatic rings. The molecule has 1 saturated carbocycles. The first-order valence-corrected chi connectivity index (χ1v) is 7.79. The number of carbonyl (C=O) groups excluding carboxylic acids is 2. The number of esters is 1. The number of ketones is 1. The smallest absolute Gasteiger partial charge is 0.305 e. The van der Waals surface area contributed by atoms with Crippen molar-refractivity contribution in [3.05, 3.63) is 35.6 Å². The number of hydrogen-bond donors (Lipinski definition) is 1. The third-order valence-corrected chi connectivity index (χ3v) is 3.80. The Morgan fingerprint density at radius 1 is 1.17 bits per heavy atom. The van der Waals surface area contributed by atoms with Gasteiger partial charge in [-0.25, -0.2) is 0 Å². The van der Waals surface area contributed by atoms with Crippen molar-refractivity contribution in [2.24, 2.45) is 4.99 Å².